The van der Waals surface area contributed by atoms with Gasteiger partial charge in [-0.15, -0.1) is 0 Å². The van der Waals surface area contributed by atoms with Crippen molar-refractivity contribution in [1.82, 2.24) is 0 Å². The maximum absolute atomic E-state index is 13.4. The number of benzene rings is 3. The van der Waals surface area contributed by atoms with Crippen molar-refractivity contribution in [2.24, 2.45) is 0 Å². The molecule has 3 aromatic rings. The summed E-state index contributed by atoms with van der Waals surface area (Å²) in [6.45, 7) is 0. The lowest BCUT2D eigenvalue weighted by molar-refractivity contribution is -0.139. The summed E-state index contributed by atoms with van der Waals surface area (Å²) in [5.41, 5.74) is 2.35. The fourth-order valence-electron chi connectivity index (χ4n) is 3.82. The summed E-state index contributed by atoms with van der Waals surface area (Å²) in [6.07, 6.45) is 0. The Bertz CT molecular complexity index is 1010. The van der Waals surface area contributed by atoms with Gasteiger partial charge in [-0.05, 0) is 41.5 Å². The summed E-state index contributed by atoms with van der Waals surface area (Å²) < 4.78 is 5.22. The number of hydrogen-bond donors (Lipinski definition) is 1. The first-order valence-electron chi connectivity index (χ1n) is 8.96. The van der Waals surface area contributed by atoms with E-state index in [4.69, 9.17) is 4.74 Å². The van der Waals surface area contributed by atoms with E-state index in [2.05, 4.69) is 0 Å². The monoisotopic (exact) mass is 373 g/mol. The van der Waals surface area contributed by atoms with Crippen molar-refractivity contribution in [2.75, 3.05) is 12.0 Å². The third-order valence-corrected chi connectivity index (χ3v) is 5.10. The first kappa shape index (κ1) is 17.8. The molecule has 0 fully saturated rings. The zero-order chi connectivity index (χ0) is 19.7. The highest BCUT2D eigenvalue weighted by atomic mass is 16.5. The van der Waals surface area contributed by atoms with Gasteiger partial charge in [-0.3, -0.25) is 14.5 Å². The van der Waals surface area contributed by atoms with Crippen LogP contribution in [-0.2, 0) is 4.79 Å². The average molecular weight is 373 g/mol. The van der Waals surface area contributed by atoms with E-state index in [9.17, 15) is 14.7 Å². The molecule has 1 aliphatic heterocycles. The molecular formula is C23H19NO4. The molecule has 140 valence electrons. The van der Waals surface area contributed by atoms with Gasteiger partial charge in [0.15, 0.2) is 0 Å². The second-order valence-corrected chi connectivity index (χ2v) is 6.63. The van der Waals surface area contributed by atoms with Gasteiger partial charge in [0.25, 0.3) is 5.91 Å². The van der Waals surface area contributed by atoms with E-state index in [0.717, 1.165) is 5.56 Å². The first-order valence-corrected chi connectivity index (χ1v) is 8.96. The van der Waals surface area contributed by atoms with E-state index >= 15 is 0 Å². The molecule has 1 amide bonds. The van der Waals surface area contributed by atoms with E-state index in [1.54, 1.807) is 48.4 Å². The van der Waals surface area contributed by atoms with Gasteiger partial charge >= 0.3 is 5.97 Å². The van der Waals surface area contributed by atoms with Gasteiger partial charge in [-0.25, -0.2) is 0 Å². The number of nitrogens with zero attached hydrogens (tertiary/aromatic N) is 1. The van der Waals surface area contributed by atoms with Gasteiger partial charge < -0.3 is 9.84 Å². The van der Waals surface area contributed by atoms with Crippen LogP contribution in [0.5, 0.6) is 5.75 Å². The van der Waals surface area contributed by atoms with Crippen LogP contribution < -0.4 is 9.64 Å². The smallest absolute Gasteiger partial charge is 0.313 e. The van der Waals surface area contributed by atoms with E-state index in [1.807, 2.05) is 42.5 Å². The van der Waals surface area contributed by atoms with Crippen LogP contribution in [0.4, 0.5) is 5.69 Å². The predicted octanol–water partition coefficient (Wildman–Crippen LogP) is 4.27. The van der Waals surface area contributed by atoms with Gasteiger partial charge in [0.2, 0.25) is 0 Å². The molecule has 2 unspecified atom stereocenters. The molecule has 3 aromatic carbocycles. The first-order chi connectivity index (χ1) is 13.6. The van der Waals surface area contributed by atoms with Crippen LogP contribution in [0, 0.1) is 0 Å². The second-order valence-electron chi connectivity index (χ2n) is 6.63. The zero-order valence-electron chi connectivity index (χ0n) is 15.3. The van der Waals surface area contributed by atoms with Crippen LogP contribution in [0.2, 0.25) is 0 Å². The number of hydrogen-bond acceptors (Lipinski definition) is 3. The maximum Gasteiger partial charge on any atom is 0.313 e. The number of fused-ring (bicyclic) bond motifs is 1. The lowest BCUT2D eigenvalue weighted by Crippen LogP contribution is -2.45. The predicted molar refractivity (Wildman–Crippen MR) is 106 cm³/mol. The van der Waals surface area contributed by atoms with Gasteiger partial charge in [0, 0.05) is 11.3 Å². The van der Waals surface area contributed by atoms with E-state index in [1.165, 1.54) is 0 Å². The Hall–Kier alpha value is -3.60. The number of anilines is 1. The van der Waals surface area contributed by atoms with Crippen molar-refractivity contribution < 1.29 is 19.4 Å². The third kappa shape index (κ3) is 2.91. The SMILES string of the molecule is COc1ccc(C2C(C(=O)O)c3ccccc3C(=O)N2c2ccccc2)cc1. The van der Waals surface area contributed by atoms with Gasteiger partial charge in [-0.2, -0.15) is 0 Å². The van der Waals surface area contributed by atoms with Crippen molar-refractivity contribution >= 4 is 17.6 Å². The Morgan fingerprint density at radius 2 is 1.57 bits per heavy atom. The van der Waals surface area contributed by atoms with Crippen LogP contribution in [0.1, 0.15) is 33.4 Å². The molecule has 5 nitrogen and oxygen atoms in total. The molecule has 0 aromatic heterocycles. The summed E-state index contributed by atoms with van der Waals surface area (Å²) in [5, 5.41) is 10.1. The molecular weight excluding hydrogens is 354 g/mol. The number of aliphatic carboxylic acids is 1. The highest BCUT2D eigenvalue weighted by Crippen LogP contribution is 2.45. The highest BCUT2D eigenvalue weighted by molar-refractivity contribution is 6.10. The lowest BCUT2D eigenvalue weighted by Gasteiger charge is -2.40. The van der Waals surface area contributed by atoms with E-state index in [-0.39, 0.29) is 5.91 Å². The summed E-state index contributed by atoms with van der Waals surface area (Å²) in [4.78, 5) is 27.3. The fourth-order valence-corrected chi connectivity index (χ4v) is 3.82. The molecule has 28 heavy (non-hydrogen) atoms. The van der Waals surface area contributed by atoms with E-state index in [0.29, 0.717) is 22.6 Å². The number of carboxylic acid groups (broad SMARTS) is 1. The summed E-state index contributed by atoms with van der Waals surface area (Å²) in [6, 6.07) is 22.6. The minimum Gasteiger partial charge on any atom is -0.497 e. The molecule has 1 heterocycles. The molecule has 1 aliphatic rings. The molecule has 5 heteroatoms. The van der Waals surface area contributed by atoms with Crippen molar-refractivity contribution in [3.05, 3.63) is 95.6 Å². The number of carbonyl (C=O) groups excluding carboxylic acids is 1. The largest absolute Gasteiger partial charge is 0.497 e. The minimum atomic E-state index is -0.971. The van der Waals surface area contributed by atoms with Crippen LogP contribution in [0.25, 0.3) is 0 Å². The van der Waals surface area contributed by atoms with Crippen LogP contribution in [0.3, 0.4) is 0 Å². The molecule has 0 bridgehead atoms. The number of methoxy groups -OCH3 is 1. The molecule has 0 radical (unpaired) electrons. The molecule has 0 saturated heterocycles. The fraction of sp³-hybridized carbons (Fsp3) is 0.130. The standard InChI is InChI=1S/C23H19NO4/c1-28-17-13-11-15(12-14-17)21-20(23(26)27)18-9-5-6-10-19(18)22(25)24(21)16-7-3-2-4-8-16/h2-14,20-21H,1H3,(H,26,27). The number of rotatable bonds is 4. The quantitative estimate of drug-likeness (QED) is 0.742. The number of amides is 1. The van der Waals surface area contributed by atoms with Crippen molar-refractivity contribution in [3.8, 4) is 5.75 Å². The van der Waals surface area contributed by atoms with Gasteiger partial charge in [0.1, 0.15) is 11.7 Å². The summed E-state index contributed by atoms with van der Waals surface area (Å²) in [5.74, 6) is -1.39. The normalized spacial score (nSPS) is 18.5. The second kappa shape index (κ2) is 7.19. The Kier molecular flexibility index (Phi) is 4.57. The van der Waals surface area contributed by atoms with Crippen molar-refractivity contribution in [1.29, 1.82) is 0 Å². The number of ether oxygens (including phenoxy) is 1. The Morgan fingerprint density at radius 1 is 0.929 bits per heavy atom. The zero-order valence-corrected chi connectivity index (χ0v) is 15.3. The molecule has 4 rings (SSSR count). The van der Waals surface area contributed by atoms with Crippen LogP contribution in [0.15, 0.2) is 78.9 Å². The van der Waals surface area contributed by atoms with Gasteiger partial charge in [-0.1, -0.05) is 48.5 Å². The van der Waals surface area contributed by atoms with Crippen LogP contribution in [-0.4, -0.2) is 24.1 Å². The molecule has 0 saturated carbocycles. The molecule has 1 N–H and O–H groups in total. The van der Waals surface area contributed by atoms with Crippen molar-refractivity contribution in [3.63, 3.8) is 0 Å². The third-order valence-electron chi connectivity index (χ3n) is 5.10. The van der Waals surface area contributed by atoms with Gasteiger partial charge in [0.05, 0.1) is 13.2 Å². The Labute approximate surface area is 162 Å². The summed E-state index contributed by atoms with van der Waals surface area (Å²) >= 11 is 0. The maximum atomic E-state index is 13.4. The average Bonchev–Trinajstić information content (AvgIpc) is 2.74. The molecule has 0 aliphatic carbocycles. The van der Waals surface area contributed by atoms with Crippen LogP contribution >= 0.6 is 0 Å². The lowest BCUT2D eigenvalue weighted by atomic mass is 9.79. The summed E-state index contributed by atoms with van der Waals surface area (Å²) in [7, 11) is 1.58. The number of carboxylic acids is 1. The highest BCUT2D eigenvalue weighted by Gasteiger charge is 2.44. The molecule has 2 atom stereocenters. The number of para-hydroxylation sites is 1. The minimum absolute atomic E-state index is 0.208. The number of carbonyl (C=O) groups is 2. The topological polar surface area (TPSA) is 66.8 Å². The van der Waals surface area contributed by atoms with Crippen molar-refractivity contribution in [2.45, 2.75) is 12.0 Å². The molecule has 0 spiro atoms. The Balaban J connectivity index is 1.95. The van der Waals surface area contributed by atoms with E-state index < -0.39 is 17.9 Å². The Morgan fingerprint density at radius 3 is 2.21 bits per heavy atom.